The number of hydrogen-bond donors (Lipinski definition) is 0. The highest BCUT2D eigenvalue weighted by Gasteiger charge is 2.35. The Morgan fingerprint density at radius 3 is 2.47 bits per heavy atom. The van der Waals surface area contributed by atoms with Crippen molar-refractivity contribution in [2.75, 3.05) is 0 Å². The van der Waals surface area contributed by atoms with Gasteiger partial charge in [-0.1, -0.05) is 30.3 Å². The summed E-state index contributed by atoms with van der Waals surface area (Å²) < 4.78 is 5.74. The molecule has 0 spiro atoms. The molecule has 0 heterocycles. The van der Waals surface area contributed by atoms with Gasteiger partial charge in [0.15, 0.2) is 5.60 Å². The van der Waals surface area contributed by atoms with Crippen LogP contribution in [0.5, 0.6) is 0 Å². The summed E-state index contributed by atoms with van der Waals surface area (Å²) in [5, 5.41) is 9.22. The minimum absolute atomic E-state index is 0.235. The molecule has 17 heavy (non-hydrogen) atoms. The number of Topliss-reactive ketones (excluding diaryl/α,β-unsaturated/α-hetero) is 1. The predicted octanol–water partition coefficient (Wildman–Crippen LogP) is 2.61. The van der Waals surface area contributed by atoms with Gasteiger partial charge in [-0.15, -0.1) is 0 Å². The molecule has 3 heteroatoms. The topological polar surface area (TPSA) is 50.1 Å². The Balaban J connectivity index is 1.97. The van der Waals surface area contributed by atoms with E-state index in [2.05, 4.69) is 6.07 Å². The molecule has 0 atom stereocenters. The van der Waals surface area contributed by atoms with Crippen molar-refractivity contribution >= 4 is 5.78 Å². The molecule has 0 unspecified atom stereocenters. The predicted molar refractivity (Wildman–Crippen MR) is 63.1 cm³/mol. The highest BCUT2D eigenvalue weighted by molar-refractivity contribution is 5.79. The first-order chi connectivity index (χ1) is 8.24. The van der Waals surface area contributed by atoms with Gasteiger partial charge in [0, 0.05) is 12.8 Å². The average Bonchev–Trinajstić information content (AvgIpc) is 2.40. The fourth-order valence-corrected chi connectivity index (χ4v) is 2.02. The van der Waals surface area contributed by atoms with Crippen molar-refractivity contribution in [2.45, 2.75) is 37.9 Å². The number of benzene rings is 1. The lowest BCUT2D eigenvalue weighted by Gasteiger charge is -2.30. The summed E-state index contributed by atoms with van der Waals surface area (Å²) in [5.74, 6) is 0.235. The van der Waals surface area contributed by atoms with Crippen LogP contribution < -0.4 is 0 Å². The van der Waals surface area contributed by atoms with Crippen LogP contribution in [-0.4, -0.2) is 11.4 Å². The van der Waals surface area contributed by atoms with E-state index in [9.17, 15) is 10.1 Å². The summed E-state index contributed by atoms with van der Waals surface area (Å²) in [6.45, 7) is 0.433. The highest BCUT2D eigenvalue weighted by Crippen LogP contribution is 2.30. The molecular formula is C14H15NO2. The molecule has 0 saturated heterocycles. The Hall–Kier alpha value is -1.66. The second-order valence-corrected chi connectivity index (χ2v) is 4.42. The van der Waals surface area contributed by atoms with Crippen molar-refractivity contribution in [2.24, 2.45) is 0 Å². The molecule has 1 saturated carbocycles. The summed E-state index contributed by atoms with van der Waals surface area (Å²) >= 11 is 0. The van der Waals surface area contributed by atoms with Gasteiger partial charge in [0.1, 0.15) is 5.78 Å². The molecule has 1 fully saturated rings. The third-order valence-electron chi connectivity index (χ3n) is 3.18. The van der Waals surface area contributed by atoms with Gasteiger partial charge in [0.25, 0.3) is 0 Å². The Kier molecular flexibility index (Phi) is 3.55. The minimum atomic E-state index is -0.760. The number of rotatable bonds is 3. The summed E-state index contributed by atoms with van der Waals surface area (Å²) in [6.07, 6.45) is 1.97. The van der Waals surface area contributed by atoms with Crippen LogP contribution >= 0.6 is 0 Å². The largest absolute Gasteiger partial charge is 0.355 e. The molecule has 0 aliphatic heterocycles. The third-order valence-corrected chi connectivity index (χ3v) is 3.18. The van der Waals surface area contributed by atoms with Crippen LogP contribution in [0.15, 0.2) is 30.3 Å². The number of hydrogen-bond acceptors (Lipinski definition) is 3. The lowest BCUT2D eigenvalue weighted by Crippen LogP contribution is -2.35. The van der Waals surface area contributed by atoms with Gasteiger partial charge < -0.3 is 4.74 Å². The molecule has 0 radical (unpaired) electrons. The standard InChI is InChI=1S/C14H15NO2/c15-11-14(8-6-13(16)7-9-14)17-10-12-4-2-1-3-5-12/h1-5H,6-10H2. The SMILES string of the molecule is N#CC1(OCc2ccccc2)CCC(=O)CC1. The average molecular weight is 229 g/mol. The molecule has 1 aromatic rings. The molecule has 0 amide bonds. The maximum Gasteiger partial charge on any atom is 0.155 e. The zero-order chi connectivity index (χ0) is 12.1. The molecular weight excluding hydrogens is 214 g/mol. The van der Waals surface area contributed by atoms with Crippen molar-refractivity contribution in [1.29, 1.82) is 5.26 Å². The van der Waals surface area contributed by atoms with Crippen molar-refractivity contribution < 1.29 is 9.53 Å². The second kappa shape index (κ2) is 5.11. The molecule has 1 aliphatic rings. The Labute approximate surface area is 101 Å². The van der Waals surface area contributed by atoms with Crippen LogP contribution in [0.4, 0.5) is 0 Å². The first-order valence-electron chi connectivity index (χ1n) is 5.85. The maximum absolute atomic E-state index is 11.2. The van der Waals surface area contributed by atoms with E-state index >= 15 is 0 Å². The summed E-state index contributed by atoms with van der Waals surface area (Å²) in [7, 11) is 0. The van der Waals surface area contributed by atoms with E-state index < -0.39 is 5.60 Å². The lowest BCUT2D eigenvalue weighted by atomic mass is 9.85. The van der Waals surface area contributed by atoms with Crippen molar-refractivity contribution in [3.8, 4) is 6.07 Å². The van der Waals surface area contributed by atoms with Gasteiger partial charge >= 0.3 is 0 Å². The molecule has 0 bridgehead atoms. The van der Waals surface area contributed by atoms with Gasteiger partial charge in [0.2, 0.25) is 0 Å². The first kappa shape index (κ1) is 11.8. The summed E-state index contributed by atoms with van der Waals surface area (Å²) in [5.41, 5.74) is 0.294. The quantitative estimate of drug-likeness (QED) is 0.800. The molecule has 88 valence electrons. The van der Waals surface area contributed by atoms with E-state index in [-0.39, 0.29) is 5.78 Å². The summed E-state index contributed by atoms with van der Waals surface area (Å²) in [4.78, 5) is 11.2. The number of carbonyl (C=O) groups is 1. The maximum atomic E-state index is 11.2. The van der Waals surface area contributed by atoms with Crippen molar-refractivity contribution in [3.63, 3.8) is 0 Å². The Bertz CT molecular complexity index is 423. The van der Waals surface area contributed by atoms with Crippen molar-refractivity contribution in [3.05, 3.63) is 35.9 Å². The van der Waals surface area contributed by atoms with Gasteiger partial charge in [-0.3, -0.25) is 4.79 Å². The second-order valence-electron chi connectivity index (χ2n) is 4.42. The van der Waals surface area contributed by atoms with E-state index in [1.165, 1.54) is 0 Å². The van der Waals surface area contributed by atoms with Crippen LogP contribution in [0.3, 0.4) is 0 Å². The third kappa shape index (κ3) is 2.92. The van der Waals surface area contributed by atoms with Crippen LogP contribution in [0, 0.1) is 11.3 Å². The van der Waals surface area contributed by atoms with Crippen LogP contribution in [0.25, 0.3) is 0 Å². The Morgan fingerprint density at radius 2 is 1.88 bits per heavy atom. The molecule has 2 rings (SSSR count). The van der Waals surface area contributed by atoms with Crippen LogP contribution in [0.2, 0.25) is 0 Å². The zero-order valence-corrected chi connectivity index (χ0v) is 9.69. The van der Waals surface area contributed by atoms with Gasteiger partial charge in [-0.2, -0.15) is 5.26 Å². The molecule has 1 aliphatic carbocycles. The van der Waals surface area contributed by atoms with Crippen LogP contribution in [-0.2, 0) is 16.1 Å². The highest BCUT2D eigenvalue weighted by atomic mass is 16.5. The van der Waals surface area contributed by atoms with E-state index in [4.69, 9.17) is 4.74 Å². The lowest BCUT2D eigenvalue weighted by molar-refractivity contribution is -0.126. The number of ether oxygens (including phenoxy) is 1. The van der Waals surface area contributed by atoms with Gasteiger partial charge in [0.05, 0.1) is 12.7 Å². The van der Waals surface area contributed by atoms with E-state index in [1.807, 2.05) is 30.3 Å². The van der Waals surface area contributed by atoms with Crippen LogP contribution in [0.1, 0.15) is 31.2 Å². The number of ketones is 1. The fourth-order valence-electron chi connectivity index (χ4n) is 2.02. The molecule has 3 nitrogen and oxygen atoms in total. The Morgan fingerprint density at radius 1 is 1.24 bits per heavy atom. The van der Waals surface area contributed by atoms with Gasteiger partial charge in [-0.25, -0.2) is 0 Å². The zero-order valence-electron chi connectivity index (χ0n) is 9.69. The normalized spacial score (nSPS) is 18.6. The van der Waals surface area contributed by atoms with Gasteiger partial charge in [-0.05, 0) is 18.4 Å². The number of nitrogens with zero attached hydrogens (tertiary/aromatic N) is 1. The molecule has 0 N–H and O–H groups in total. The van der Waals surface area contributed by atoms with E-state index in [0.717, 1.165) is 5.56 Å². The monoisotopic (exact) mass is 229 g/mol. The first-order valence-corrected chi connectivity index (χ1v) is 5.85. The van der Waals surface area contributed by atoms with E-state index in [0.29, 0.717) is 32.3 Å². The smallest absolute Gasteiger partial charge is 0.155 e. The number of nitriles is 1. The van der Waals surface area contributed by atoms with E-state index in [1.54, 1.807) is 0 Å². The minimum Gasteiger partial charge on any atom is -0.355 e. The fraction of sp³-hybridized carbons (Fsp3) is 0.429. The molecule has 0 aromatic heterocycles. The van der Waals surface area contributed by atoms with Crippen molar-refractivity contribution in [1.82, 2.24) is 0 Å². The molecule has 1 aromatic carbocycles. The number of carbonyl (C=O) groups excluding carboxylic acids is 1. The summed E-state index contributed by atoms with van der Waals surface area (Å²) in [6, 6.07) is 12.0.